The molecule has 1 saturated heterocycles. The Labute approximate surface area is 212 Å². The van der Waals surface area contributed by atoms with Crippen LogP contribution in [0, 0.1) is 5.82 Å². The van der Waals surface area contributed by atoms with Crippen molar-refractivity contribution >= 4 is 29.1 Å². The van der Waals surface area contributed by atoms with Crippen LogP contribution in [-0.4, -0.2) is 41.2 Å². The summed E-state index contributed by atoms with van der Waals surface area (Å²) in [4.78, 5) is 46.3. The van der Waals surface area contributed by atoms with Crippen LogP contribution in [-0.2, 0) is 14.4 Å². The van der Waals surface area contributed by atoms with Gasteiger partial charge in [0.25, 0.3) is 11.8 Å². The Kier molecular flexibility index (Phi) is 7.08. The van der Waals surface area contributed by atoms with Gasteiger partial charge in [0.15, 0.2) is 0 Å². The van der Waals surface area contributed by atoms with E-state index in [4.69, 9.17) is 0 Å². The Morgan fingerprint density at radius 3 is 2.47 bits per heavy atom. The number of nitrogens with zero attached hydrogens (tertiary/aromatic N) is 3. The zero-order valence-electron chi connectivity index (χ0n) is 20.9. The molecule has 36 heavy (non-hydrogen) atoms. The number of rotatable bonds is 5. The molecule has 190 valence electrons. The predicted molar refractivity (Wildman–Crippen MR) is 137 cm³/mol. The molecular formula is C29H34FN3O3. The highest BCUT2D eigenvalue weighted by atomic mass is 19.1. The van der Waals surface area contributed by atoms with Crippen LogP contribution >= 0.6 is 0 Å². The summed E-state index contributed by atoms with van der Waals surface area (Å²) in [5, 5.41) is 0. The van der Waals surface area contributed by atoms with Crippen molar-refractivity contribution < 1.29 is 18.8 Å². The number of halogens is 1. The van der Waals surface area contributed by atoms with Crippen molar-refractivity contribution in [2.45, 2.75) is 82.8 Å². The molecule has 3 aliphatic rings. The van der Waals surface area contributed by atoms with E-state index in [9.17, 15) is 18.8 Å². The van der Waals surface area contributed by atoms with Gasteiger partial charge in [-0.2, -0.15) is 0 Å². The molecule has 2 aromatic rings. The second kappa shape index (κ2) is 10.4. The summed E-state index contributed by atoms with van der Waals surface area (Å²) in [6, 6.07) is 12.1. The maximum atomic E-state index is 14.4. The highest BCUT2D eigenvalue weighted by Gasteiger charge is 2.48. The molecule has 0 aromatic heterocycles. The summed E-state index contributed by atoms with van der Waals surface area (Å²) < 4.78 is 14.4. The molecule has 7 heteroatoms. The van der Waals surface area contributed by atoms with Gasteiger partial charge in [-0.15, -0.1) is 0 Å². The summed E-state index contributed by atoms with van der Waals surface area (Å²) in [5.74, 6) is -1.02. The largest absolute Gasteiger partial charge is 0.331 e. The third-order valence-corrected chi connectivity index (χ3v) is 7.89. The van der Waals surface area contributed by atoms with Gasteiger partial charge in [0.2, 0.25) is 5.91 Å². The molecule has 2 aromatic carbocycles. The Morgan fingerprint density at radius 1 is 0.972 bits per heavy atom. The molecule has 2 fully saturated rings. The van der Waals surface area contributed by atoms with Gasteiger partial charge in [0.05, 0.1) is 0 Å². The fourth-order valence-corrected chi connectivity index (χ4v) is 6.17. The van der Waals surface area contributed by atoms with E-state index < -0.39 is 17.9 Å². The van der Waals surface area contributed by atoms with Crippen LogP contribution in [0.5, 0.6) is 0 Å². The van der Waals surface area contributed by atoms with E-state index in [0.29, 0.717) is 25.1 Å². The van der Waals surface area contributed by atoms with Gasteiger partial charge >= 0.3 is 0 Å². The average Bonchev–Trinajstić information content (AvgIpc) is 3.20. The van der Waals surface area contributed by atoms with E-state index in [-0.39, 0.29) is 23.8 Å². The molecule has 2 unspecified atom stereocenters. The van der Waals surface area contributed by atoms with Crippen molar-refractivity contribution in [3.05, 3.63) is 59.9 Å². The maximum absolute atomic E-state index is 14.4. The molecular weight excluding hydrogens is 457 g/mol. The number of hydrogen-bond donors (Lipinski definition) is 0. The second-order valence-corrected chi connectivity index (χ2v) is 10.1. The van der Waals surface area contributed by atoms with Gasteiger partial charge in [-0.3, -0.25) is 19.3 Å². The fourth-order valence-electron chi connectivity index (χ4n) is 6.17. The monoisotopic (exact) mass is 491 g/mol. The minimum absolute atomic E-state index is 0.0748. The van der Waals surface area contributed by atoms with Gasteiger partial charge < -0.3 is 9.80 Å². The first-order valence-corrected chi connectivity index (χ1v) is 13.3. The van der Waals surface area contributed by atoms with Crippen LogP contribution in [0.15, 0.2) is 48.5 Å². The fraction of sp³-hybridized carbons (Fsp3) is 0.483. The van der Waals surface area contributed by atoms with Crippen molar-refractivity contribution in [2.24, 2.45) is 0 Å². The van der Waals surface area contributed by atoms with E-state index >= 15 is 0 Å². The van der Waals surface area contributed by atoms with Crippen molar-refractivity contribution in [1.82, 2.24) is 4.90 Å². The van der Waals surface area contributed by atoms with E-state index in [1.54, 1.807) is 24.0 Å². The molecule has 0 N–H and O–H groups in total. The van der Waals surface area contributed by atoms with Gasteiger partial charge in [-0.1, -0.05) is 50.5 Å². The van der Waals surface area contributed by atoms with Gasteiger partial charge in [0.1, 0.15) is 17.9 Å². The predicted octanol–water partition coefficient (Wildman–Crippen LogP) is 5.37. The van der Waals surface area contributed by atoms with Crippen molar-refractivity contribution in [3.63, 3.8) is 0 Å². The molecule has 2 aliphatic heterocycles. The number of hydrogen-bond acceptors (Lipinski definition) is 3. The zero-order chi connectivity index (χ0) is 25.2. The molecule has 0 bridgehead atoms. The first-order chi connectivity index (χ1) is 17.5. The van der Waals surface area contributed by atoms with Crippen LogP contribution in [0.4, 0.5) is 15.8 Å². The van der Waals surface area contributed by atoms with Crippen molar-refractivity contribution in [3.8, 4) is 0 Å². The SMILES string of the molecule is CCC(=O)N1CCCCC1C(=O)N(c1cccc(F)c1)C1C(=O)N(C2CCCCC2)c2ccccc21. The van der Waals surface area contributed by atoms with Crippen LogP contribution in [0.25, 0.3) is 0 Å². The van der Waals surface area contributed by atoms with Gasteiger partial charge in [0, 0.05) is 35.9 Å². The second-order valence-electron chi connectivity index (χ2n) is 10.1. The Morgan fingerprint density at radius 2 is 1.72 bits per heavy atom. The normalized spacial score (nSPS) is 22.4. The number of amides is 3. The Bertz CT molecular complexity index is 1150. The van der Waals surface area contributed by atoms with Gasteiger partial charge in [-0.25, -0.2) is 4.39 Å². The van der Waals surface area contributed by atoms with Crippen LogP contribution in [0.3, 0.4) is 0 Å². The van der Waals surface area contributed by atoms with Crippen LogP contribution < -0.4 is 9.80 Å². The molecule has 1 aliphatic carbocycles. The van der Waals surface area contributed by atoms with Gasteiger partial charge in [-0.05, 0) is 56.4 Å². The number of para-hydroxylation sites is 1. The summed E-state index contributed by atoms with van der Waals surface area (Å²) in [5.41, 5.74) is 1.93. The summed E-state index contributed by atoms with van der Waals surface area (Å²) in [6.45, 7) is 2.31. The highest BCUT2D eigenvalue weighted by molar-refractivity contribution is 6.13. The maximum Gasteiger partial charge on any atom is 0.255 e. The molecule has 5 rings (SSSR count). The number of piperidine rings is 1. The lowest BCUT2D eigenvalue weighted by atomic mass is 9.94. The Hall–Kier alpha value is -3.22. The lowest BCUT2D eigenvalue weighted by Gasteiger charge is -2.39. The number of carbonyl (C=O) groups excluding carboxylic acids is 3. The molecule has 0 radical (unpaired) electrons. The number of benzene rings is 2. The van der Waals surface area contributed by atoms with Crippen LogP contribution in [0.2, 0.25) is 0 Å². The summed E-state index contributed by atoms with van der Waals surface area (Å²) in [7, 11) is 0. The van der Waals surface area contributed by atoms with E-state index in [0.717, 1.165) is 49.8 Å². The lowest BCUT2D eigenvalue weighted by molar-refractivity contribution is -0.141. The third-order valence-electron chi connectivity index (χ3n) is 7.89. The number of carbonyl (C=O) groups is 3. The van der Waals surface area contributed by atoms with E-state index in [1.165, 1.54) is 23.5 Å². The Balaban J connectivity index is 1.60. The topological polar surface area (TPSA) is 60.9 Å². The van der Waals surface area contributed by atoms with Crippen molar-refractivity contribution in [1.29, 1.82) is 0 Å². The molecule has 1 saturated carbocycles. The lowest BCUT2D eigenvalue weighted by Crippen LogP contribution is -2.55. The summed E-state index contributed by atoms with van der Waals surface area (Å²) >= 11 is 0. The molecule has 3 amide bonds. The minimum Gasteiger partial charge on any atom is -0.331 e. The van der Waals surface area contributed by atoms with E-state index in [2.05, 4.69) is 0 Å². The third kappa shape index (κ3) is 4.40. The number of anilines is 2. The number of likely N-dealkylation sites (tertiary alicyclic amines) is 1. The molecule has 6 nitrogen and oxygen atoms in total. The molecule has 2 heterocycles. The van der Waals surface area contributed by atoms with E-state index in [1.807, 2.05) is 29.2 Å². The summed E-state index contributed by atoms with van der Waals surface area (Å²) in [6.07, 6.45) is 7.69. The average molecular weight is 492 g/mol. The minimum atomic E-state index is -0.891. The quantitative estimate of drug-likeness (QED) is 0.565. The smallest absolute Gasteiger partial charge is 0.255 e. The standard InChI is InChI=1S/C29H34FN3O3/c1-2-26(34)31-18-9-8-17-25(31)28(35)33(22-14-10-11-20(30)19-22)27-23-15-6-7-16-24(23)32(29(27)36)21-12-4-3-5-13-21/h6-7,10-11,14-16,19,21,25,27H,2-5,8-9,12-13,17-18H2,1H3. The van der Waals surface area contributed by atoms with Crippen molar-refractivity contribution in [2.75, 3.05) is 16.3 Å². The zero-order valence-corrected chi connectivity index (χ0v) is 20.9. The van der Waals surface area contributed by atoms with Crippen LogP contribution in [0.1, 0.15) is 76.3 Å². The highest BCUT2D eigenvalue weighted by Crippen LogP contribution is 2.44. The molecule has 2 atom stereocenters. The molecule has 0 spiro atoms. The first kappa shape index (κ1) is 24.5. The first-order valence-electron chi connectivity index (χ1n) is 13.3. The number of fused-ring (bicyclic) bond motifs is 1.